The summed E-state index contributed by atoms with van der Waals surface area (Å²) in [6, 6.07) is 4.28. The number of aryl methyl sites for hydroxylation is 1. The van der Waals surface area contributed by atoms with Gasteiger partial charge < -0.3 is 4.85 Å². The minimum Gasteiger partial charge on any atom is -0.309 e. The van der Waals surface area contributed by atoms with Gasteiger partial charge in [-0.1, -0.05) is 6.07 Å². The number of nitro benzene ring substituents is 1. The predicted molar refractivity (Wildman–Crippen MR) is 52.9 cm³/mol. The molecule has 0 N–H and O–H groups in total. The molecule has 72 valence electrons. The topological polar surface area (TPSA) is 47.5 Å². The van der Waals surface area contributed by atoms with Gasteiger partial charge >= 0.3 is 0 Å². The molecule has 0 amide bonds. The van der Waals surface area contributed by atoms with E-state index in [0.717, 1.165) is 11.1 Å². The third-order valence-corrected chi connectivity index (χ3v) is 2.12. The fraction of sp³-hybridized carbons (Fsp3) is 0.300. The molecule has 1 aromatic carbocycles. The minimum absolute atomic E-state index is 0.0427. The molecular weight excluding hydrogens is 180 g/mol. The van der Waals surface area contributed by atoms with Gasteiger partial charge in [-0.05, 0) is 12.5 Å². The normalized spacial score (nSPS) is 11.8. The van der Waals surface area contributed by atoms with E-state index in [-0.39, 0.29) is 11.7 Å². The van der Waals surface area contributed by atoms with E-state index < -0.39 is 4.92 Å². The predicted octanol–water partition coefficient (Wildman–Crippen LogP) is 2.88. The first-order valence-electron chi connectivity index (χ1n) is 4.17. The molecule has 0 aliphatic carbocycles. The Bertz CT molecular complexity index is 407. The van der Waals surface area contributed by atoms with Crippen LogP contribution in [-0.4, -0.2) is 4.92 Å². The second-order valence-corrected chi connectivity index (χ2v) is 3.10. The Morgan fingerprint density at radius 3 is 2.71 bits per heavy atom. The van der Waals surface area contributed by atoms with E-state index in [2.05, 4.69) is 4.85 Å². The number of nitro groups is 1. The maximum atomic E-state index is 10.5. The molecule has 1 unspecified atom stereocenters. The first kappa shape index (κ1) is 10.2. The molecule has 0 saturated carbocycles. The Balaban J connectivity index is 3.23. The van der Waals surface area contributed by atoms with Gasteiger partial charge in [0.05, 0.1) is 4.92 Å². The van der Waals surface area contributed by atoms with Crippen molar-refractivity contribution < 1.29 is 4.92 Å². The fourth-order valence-corrected chi connectivity index (χ4v) is 1.26. The van der Waals surface area contributed by atoms with Gasteiger partial charge in [0.1, 0.15) is 0 Å². The molecular formula is C10H10N2O2. The monoisotopic (exact) mass is 190 g/mol. The van der Waals surface area contributed by atoms with Gasteiger partial charge in [0.15, 0.2) is 0 Å². The van der Waals surface area contributed by atoms with Crippen LogP contribution in [0.3, 0.4) is 0 Å². The quantitative estimate of drug-likeness (QED) is 0.409. The lowest BCUT2D eigenvalue weighted by Crippen LogP contribution is -1.95. The number of rotatable bonds is 2. The van der Waals surface area contributed by atoms with Gasteiger partial charge in [-0.15, -0.1) is 0 Å². The Labute approximate surface area is 82.1 Å². The summed E-state index contributed by atoms with van der Waals surface area (Å²) in [6.07, 6.45) is 0. The number of hydrogen-bond donors (Lipinski definition) is 0. The average Bonchev–Trinajstić information content (AvgIpc) is 2.17. The van der Waals surface area contributed by atoms with Crippen LogP contribution in [0.25, 0.3) is 4.85 Å². The second-order valence-electron chi connectivity index (χ2n) is 3.10. The summed E-state index contributed by atoms with van der Waals surface area (Å²) in [4.78, 5) is 13.4. The van der Waals surface area contributed by atoms with Gasteiger partial charge in [-0.2, -0.15) is 0 Å². The van der Waals surface area contributed by atoms with Crippen molar-refractivity contribution in [3.8, 4) is 0 Å². The van der Waals surface area contributed by atoms with E-state index in [9.17, 15) is 10.1 Å². The van der Waals surface area contributed by atoms with Crippen LogP contribution in [0.1, 0.15) is 24.1 Å². The summed E-state index contributed by atoms with van der Waals surface area (Å²) in [7, 11) is 0. The van der Waals surface area contributed by atoms with Gasteiger partial charge in [0.25, 0.3) is 5.69 Å². The van der Waals surface area contributed by atoms with Gasteiger partial charge in [-0.25, -0.2) is 6.57 Å². The second kappa shape index (κ2) is 3.88. The van der Waals surface area contributed by atoms with Crippen LogP contribution in [0, 0.1) is 23.6 Å². The van der Waals surface area contributed by atoms with Gasteiger partial charge in [0.2, 0.25) is 6.04 Å². The Hall–Kier alpha value is -1.89. The lowest BCUT2D eigenvalue weighted by atomic mass is 10.0. The zero-order valence-corrected chi connectivity index (χ0v) is 8.02. The van der Waals surface area contributed by atoms with Gasteiger partial charge in [0, 0.05) is 24.6 Å². The van der Waals surface area contributed by atoms with E-state index in [1.54, 1.807) is 13.0 Å². The van der Waals surface area contributed by atoms with Crippen LogP contribution in [0.2, 0.25) is 0 Å². The molecule has 0 radical (unpaired) electrons. The number of hydrogen-bond acceptors (Lipinski definition) is 2. The highest BCUT2D eigenvalue weighted by Crippen LogP contribution is 2.25. The first-order valence-corrected chi connectivity index (χ1v) is 4.17. The van der Waals surface area contributed by atoms with E-state index in [4.69, 9.17) is 6.57 Å². The first-order chi connectivity index (χ1) is 6.56. The summed E-state index contributed by atoms with van der Waals surface area (Å²) in [5.74, 6) is 0. The largest absolute Gasteiger partial charge is 0.309 e. The highest BCUT2D eigenvalue weighted by molar-refractivity contribution is 5.41. The van der Waals surface area contributed by atoms with Crippen molar-refractivity contribution >= 4 is 5.69 Å². The van der Waals surface area contributed by atoms with Crippen LogP contribution in [-0.2, 0) is 0 Å². The molecule has 0 spiro atoms. The van der Waals surface area contributed by atoms with Crippen molar-refractivity contribution in [2.75, 3.05) is 0 Å². The fourth-order valence-electron chi connectivity index (χ4n) is 1.26. The molecule has 0 heterocycles. The van der Waals surface area contributed by atoms with Crippen molar-refractivity contribution in [3.63, 3.8) is 0 Å². The van der Waals surface area contributed by atoms with Crippen molar-refractivity contribution in [1.82, 2.24) is 0 Å². The average molecular weight is 190 g/mol. The molecule has 1 aromatic rings. The number of nitrogens with zero attached hydrogens (tertiary/aromatic N) is 2. The lowest BCUT2D eigenvalue weighted by molar-refractivity contribution is -0.384. The lowest BCUT2D eigenvalue weighted by Gasteiger charge is -2.03. The van der Waals surface area contributed by atoms with E-state index >= 15 is 0 Å². The minimum atomic E-state index is -0.445. The summed E-state index contributed by atoms with van der Waals surface area (Å²) < 4.78 is 0. The number of non-ortho nitro benzene ring substituents is 1. The summed E-state index contributed by atoms with van der Waals surface area (Å²) in [5, 5.41) is 10.5. The Morgan fingerprint density at radius 1 is 1.57 bits per heavy atom. The molecule has 1 rings (SSSR count). The highest BCUT2D eigenvalue weighted by atomic mass is 16.6. The van der Waals surface area contributed by atoms with Gasteiger partial charge in [-0.3, -0.25) is 10.1 Å². The van der Waals surface area contributed by atoms with Crippen molar-refractivity contribution in [1.29, 1.82) is 0 Å². The summed E-state index contributed by atoms with van der Waals surface area (Å²) >= 11 is 0. The SMILES string of the molecule is [C-]#[N+]C(C)c1cc([N+](=O)[O-])ccc1C. The van der Waals surface area contributed by atoms with Crippen molar-refractivity contribution in [2.45, 2.75) is 19.9 Å². The molecule has 1 atom stereocenters. The molecule has 0 fully saturated rings. The molecule has 14 heavy (non-hydrogen) atoms. The van der Waals surface area contributed by atoms with E-state index in [0.29, 0.717) is 0 Å². The Morgan fingerprint density at radius 2 is 2.21 bits per heavy atom. The van der Waals surface area contributed by atoms with Crippen LogP contribution in [0.15, 0.2) is 18.2 Å². The maximum Gasteiger partial charge on any atom is 0.270 e. The third-order valence-electron chi connectivity index (χ3n) is 2.12. The van der Waals surface area contributed by atoms with Crippen molar-refractivity contribution in [2.24, 2.45) is 0 Å². The molecule has 4 heteroatoms. The smallest absolute Gasteiger partial charge is 0.270 e. The summed E-state index contributed by atoms with van der Waals surface area (Å²) in [6.45, 7) is 10.5. The van der Waals surface area contributed by atoms with Crippen LogP contribution in [0.4, 0.5) is 5.69 Å². The van der Waals surface area contributed by atoms with Crippen LogP contribution in [0.5, 0.6) is 0 Å². The zero-order valence-electron chi connectivity index (χ0n) is 8.02. The molecule has 0 aliphatic rings. The highest BCUT2D eigenvalue weighted by Gasteiger charge is 2.16. The maximum absolute atomic E-state index is 10.5. The van der Waals surface area contributed by atoms with E-state index in [1.807, 2.05) is 6.92 Å². The number of benzene rings is 1. The molecule has 4 nitrogen and oxygen atoms in total. The Kier molecular flexibility index (Phi) is 2.82. The molecule has 0 aromatic heterocycles. The molecule has 0 bridgehead atoms. The standard InChI is InChI=1S/C10H10N2O2/c1-7-4-5-9(12(13)14)6-10(7)8(2)11-3/h4-6,8H,1-2H3. The van der Waals surface area contributed by atoms with Crippen molar-refractivity contribution in [3.05, 3.63) is 50.9 Å². The summed E-state index contributed by atoms with van der Waals surface area (Å²) in [5.41, 5.74) is 1.69. The van der Waals surface area contributed by atoms with Crippen LogP contribution < -0.4 is 0 Å². The third kappa shape index (κ3) is 1.88. The van der Waals surface area contributed by atoms with Crippen LogP contribution >= 0.6 is 0 Å². The zero-order chi connectivity index (χ0) is 10.7. The molecule has 0 aliphatic heterocycles. The molecule has 0 saturated heterocycles. The van der Waals surface area contributed by atoms with E-state index in [1.165, 1.54) is 12.1 Å².